The molecule has 0 aliphatic carbocycles. The molecule has 7 nitrogen and oxygen atoms in total. The summed E-state index contributed by atoms with van der Waals surface area (Å²) >= 11 is 0. The topological polar surface area (TPSA) is 67.5 Å². The molecule has 3 aromatic rings. The Kier molecular flexibility index (Phi) is 5.67. The molecule has 7 heteroatoms. The largest absolute Gasteiger partial charge is 0.368 e. The fourth-order valence-electron chi connectivity index (χ4n) is 4.30. The van der Waals surface area contributed by atoms with E-state index in [-0.39, 0.29) is 18.9 Å². The third-order valence-electron chi connectivity index (χ3n) is 6.15. The van der Waals surface area contributed by atoms with Gasteiger partial charge in [0.2, 0.25) is 5.91 Å². The molecule has 0 saturated carbocycles. The molecule has 1 fully saturated rings. The molecule has 2 heterocycles. The van der Waals surface area contributed by atoms with Gasteiger partial charge in [0.1, 0.15) is 0 Å². The highest BCUT2D eigenvalue weighted by Gasteiger charge is 2.22. The molecule has 1 aromatic heterocycles. The van der Waals surface area contributed by atoms with Gasteiger partial charge in [0.05, 0.1) is 11.0 Å². The molecule has 1 aliphatic heterocycles. The molecule has 31 heavy (non-hydrogen) atoms. The number of amides is 1. The Morgan fingerprint density at radius 1 is 0.903 bits per heavy atom. The molecular weight excluding hydrogens is 392 g/mol. The zero-order valence-corrected chi connectivity index (χ0v) is 18.3. The smallest absolute Gasteiger partial charge is 0.316 e. The first-order valence-corrected chi connectivity index (χ1v) is 10.7. The van der Waals surface area contributed by atoms with Crippen molar-refractivity contribution < 1.29 is 4.79 Å². The van der Waals surface area contributed by atoms with E-state index in [1.165, 1.54) is 25.9 Å². The monoisotopic (exact) mass is 420 g/mol. The second kappa shape index (κ2) is 8.41. The lowest BCUT2D eigenvalue weighted by molar-refractivity contribution is -0.131. The quantitative estimate of drug-likeness (QED) is 0.606. The minimum Gasteiger partial charge on any atom is -0.368 e. The van der Waals surface area contributed by atoms with Gasteiger partial charge in [0.25, 0.3) is 0 Å². The van der Waals surface area contributed by atoms with Crippen LogP contribution in [-0.2, 0) is 18.4 Å². The summed E-state index contributed by atoms with van der Waals surface area (Å²) in [5.74, 6) is 0.0114. The maximum absolute atomic E-state index is 12.8. The molecule has 1 amide bonds. The molecule has 2 aromatic carbocycles. The first-order chi connectivity index (χ1) is 14.9. The summed E-state index contributed by atoms with van der Waals surface area (Å²) in [7, 11) is 1.59. The fraction of sp³-hybridized carbons (Fsp3) is 0.375. The summed E-state index contributed by atoms with van der Waals surface area (Å²) in [6.45, 7) is 7.27. The van der Waals surface area contributed by atoms with E-state index >= 15 is 0 Å². The van der Waals surface area contributed by atoms with Crippen LogP contribution in [0.1, 0.15) is 17.5 Å². The number of anilines is 1. The van der Waals surface area contributed by atoms with Gasteiger partial charge in [-0.2, -0.15) is 0 Å². The summed E-state index contributed by atoms with van der Waals surface area (Å²) in [6.07, 6.45) is 0.195. The Bertz CT molecular complexity index is 1250. The third-order valence-corrected chi connectivity index (χ3v) is 6.15. The zero-order chi connectivity index (χ0) is 22.1. The van der Waals surface area contributed by atoms with Gasteiger partial charge in [0, 0.05) is 51.9 Å². The molecule has 0 spiro atoms. The molecule has 1 saturated heterocycles. The normalized spacial score (nSPS) is 14.3. The molecular formula is C24H28N4O3. The van der Waals surface area contributed by atoms with Crippen molar-refractivity contribution >= 4 is 22.6 Å². The number of carbonyl (C=O) groups is 1. The molecule has 0 atom stereocenters. The van der Waals surface area contributed by atoms with Crippen LogP contribution in [0.5, 0.6) is 0 Å². The van der Waals surface area contributed by atoms with Crippen molar-refractivity contribution in [3.05, 3.63) is 74.3 Å². The molecule has 0 unspecified atom stereocenters. The van der Waals surface area contributed by atoms with E-state index in [0.717, 1.165) is 13.1 Å². The fourth-order valence-corrected chi connectivity index (χ4v) is 4.30. The second-order valence-corrected chi connectivity index (χ2v) is 8.22. The van der Waals surface area contributed by atoms with Gasteiger partial charge >= 0.3 is 11.1 Å². The number of piperazine rings is 1. The van der Waals surface area contributed by atoms with Crippen LogP contribution in [0.15, 0.2) is 52.1 Å². The van der Waals surface area contributed by atoms with Gasteiger partial charge in [-0.15, -0.1) is 0 Å². The van der Waals surface area contributed by atoms with Crippen LogP contribution in [0.4, 0.5) is 5.69 Å². The third kappa shape index (κ3) is 4.00. The van der Waals surface area contributed by atoms with Gasteiger partial charge in [-0.25, -0.2) is 0 Å². The molecule has 0 radical (unpaired) electrons. The van der Waals surface area contributed by atoms with Crippen LogP contribution in [0.25, 0.3) is 11.0 Å². The molecule has 0 bridgehead atoms. The predicted molar refractivity (Wildman–Crippen MR) is 123 cm³/mol. The Hall–Kier alpha value is -3.35. The maximum atomic E-state index is 12.8. The molecule has 4 rings (SSSR count). The summed E-state index contributed by atoms with van der Waals surface area (Å²) in [5, 5.41) is 0. The lowest BCUT2D eigenvalue weighted by Crippen LogP contribution is -2.49. The SMILES string of the molecule is Cc1ccc(C)c(N2CCN(C(=O)CCn3c(=O)c(=O)n(C)c4ccccc43)CC2)c1. The number of hydrogen-bond acceptors (Lipinski definition) is 4. The average Bonchev–Trinajstić information content (AvgIpc) is 2.79. The van der Waals surface area contributed by atoms with Gasteiger partial charge in [-0.1, -0.05) is 24.3 Å². The highest BCUT2D eigenvalue weighted by molar-refractivity contribution is 5.78. The molecule has 162 valence electrons. The average molecular weight is 421 g/mol. The first kappa shape index (κ1) is 20.9. The van der Waals surface area contributed by atoms with Crippen molar-refractivity contribution in [3.63, 3.8) is 0 Å². The van der Waals surface area contributed by atoms with Crippen molar-refractivity contribution in [2.24, 2.45) is 7.05 Å². The number of fused-ring (bicyclic) bond motifs is 1. The zero-order valence-electron chi connectivity index (χ0n) is 18.3. The summed E-state index contributed by atoms with van der Waals surface area (Å²) < 4.78 is 2.80. The van der Waals surface area contributed by atoms with Crippen molar-refractivity contribution in [2.75, 3.05) is 31.1 Å². The lowest BCUT2D eigenvalue weighted by atomic mass is 10.1. The van der Waals surface area contributed by atoms with Crippen LogP contribution in [-0.4, -0.2) is 46.1 Å². The van der Waals surface area contributed by atoms with Crippen molar-refractivity contribution in [1.29, 1.82) is 0 Å². The van der Waals surface area contributed by atoms with E-state index in [1.807, 2.05) is 23.1 Å². The second-order valence-electron chi connectivity index (χ2n) is 8.22. The number of carbonyl (C=O) groups excluding carboxylic acids is 1. The van der Waals surface area contributed by atoms with E-state index in [2.05, 4.69) is 36.9 Å². The van der Waals surface area contributed by atoms with E-state index in [9.17, 15) is 14.4 Å². The number of aromatic nitrogens is 2. The Balaban J connectivity index is 1.45. The van der Waals surface area contributed by atoms with Crippen LogP contribution in [0, 0.1) is 13.8 Å². The standard InChI is InChI=1S/C24H28N4O3/c1-17-8-9-18(2)21(16-17)26-12-14-27(15-13-26)22(29)10-11-28-20-7-5-4-6-19(20)25(3)23(30)24(28)31/h4-9,16H,10-15H2,1-3H3. The number of benzene rings is 2. The molecule has 1 aliphatic rings. The van der Waals surface area contributed by atoms with Gasteiger partial charge < -0.3 is 18.9 Å². The number of hydrogen-bond donors (Lipinski definition) is 0. The summed E-state index contributed by atoms with van der Waals surface area (Å²) in [6, 6.07) is 13.7. The number of nitrogens with zero attached hydrogens (tertiary/aromatic N) is 4. The minimum absolute atomic E-state index is 0.0114. The van der Waals surface area contributed by atoms with Gasteiger partial charge in [-0.05, 0) is 43.2 Å². The van der Waals surface area contributed by atoms with E-state index in [4.69, 9.17) is 0 Å². The van der Waals surface area contributed by atoms with Crippen LogP contribution < -0.4 is 16.0 Å². The number of rotatable bonds is 4. The van der Waals surface area contributed by atoms with E-state index in [1.54, 1.807) is 13.1 Å². The Morgan fingerprint density at radius 3 is 2.29 bits per heavy atom. The van der Waals surface area contributed by atoms with Gasteiger partial charge in [-0.3, -0.25) is 14.4 Å². The number of aryl methyl sites for hydroxylation is 4. The van der Waals surface area contributed by atoms with Crippen LogP contribution in [0.3, 0.4) is 0 Å². The number of para-hydroxylation sites is 2. The lowest BCUT2D eigenvalue weighted by Gasteiger charge is -2.37. The summed E-state index contributed by atoms with van der Waals surface area (Å²) in [5.41, 5.74) is 3.88. The van der Waals surface area contributed by atoms with Gasteiger partial charge in [0.15, 0.2) is 0 Å². The van der Waals surface area contributed by atoms with Crippen LogP contribution >= 0.6 is 0 Å². The van der Waals surface area contributed by atoms with Crippen molar-refractivity contribution in [2.45, 2.75) is 26.8 Å². The maximum Gasteiger partial charge on any atom is 0.316 e. The van der Waals surface area contributed by atoms with Crippen molar-refractivity contribution in [1.82, 2.24) is 14.0 Å². The van der Waals surface area contributed by atoms with E-state index in [0.29, 0.717) is 24.1 Å². The Morgan fingerprint density at radius 2 is 1.58 bits per heavy atom. The first-order valence-electron chi connectivity index (χ1n) is 10.7. The van der Waals surface area contributed by atoms with Crippen LogP contribution in [0.2, 0.25) is 0 Å². The van der Waals surface area contributed by atoms with E-state index < -0.39 is 11.1 Å². The van der Waals surface area contributed by atoms with Crippen molar-refractivity contribution in [3.8, 4) is 0 Å². The molecule has 0 N–H and O–H groups in total. The summed E-state index contributed by atoms with van der Waals surface area (Å²) in [4.78, 5) is 41.9. The predicted octanol–water partition coefficient (Wildman–Crippen LogP) is 2.06. The highest BCUT2D eigenvalue weighted by Crippen LogP contribution is 2.23. The minimum atomic E-state index is -0.589. The highest BCUT2D eigenvalue weighted by atomic mass is 16.2. The Labute approximate surface area is 181 Å².